The first-order chi connectivity index (χ1) is 14.3. The van der Waals surface area contributed by atoms with Gasteiger partial charge in [0.1, 0.15) is 5.65 Å². The molecule has 3 heterocycles. The number of aromatic nitrogens is 2. The van der Waals surface area contributed by atoms with Gasteiger partial charge in [-0.1, -0.05) is 32.9 Å². The summed E-state index contributed by atoms with van der Waals surface area (Å²) in [6, 6.07) is 11.7. The Morgan fingerprint density at radius 2 is 1.90 bits per heavy atom. The molecule has 0 radical (unpaired) electrons. The van der Waals surface area contributed by atoms with E-state index in [1.54, 1.807) is 6.20 Å². The van der Waals surface area contributed by atoms with Crippen LogP contribution in [0.5, 0.6) is 0 Å². The van der Waals surface area contributed by atoms with Crippen molar-refractivity contribution >= 4 is 17.5 Å². The second-order valence-corrected chi connectivity index (χ2v) is 9.02. The number of nitrogens with zero attached hydrogens (tertiary/aromatic N) is 3. The molecule has 1 atom stereocenters. The van der Waals surface area contributed by atoms with E-state index in [4.69, 9.17) is 0 Å². The van der Waals surface area contributed by atoms with Crippen molar-refractivity contribution in [1.82, 2.24) is 19.6 Å². The number of rotatable bonds is 4. The van der Waals surface area contributed by atoms with Gasteiger partial charge in [0.2, 0.25) is 5.91 Å². The number of benzene rings is 1. The molecule has 0 spiro atoms. The number of likely N-dealkylation sites (tertiary alicyclic amines) is 1. The van der Waals surface area contributed by atoms with E-state index in [9.17, 15) is 9.59 Å². The fourth-order valence-electron chi connectivity index (χ4n) is 3.94. The van der Waals surface area contributed by atoms with Crippen molar-refractivity contribution < 1.29 is 9.59 Å². The van der Waals surface area contributed by atoms with Crippen LogP contribution in [-0.4, -0.2) is 39.2 Å². The first-order valence-corrected chi connectivity index (χ1v) is 10.4. The van der Waals surface area contributed by atoms with Crippen LogP contribution in [0.3, 0.4) is 0 Å². The van der Waals surface area contributed by atoms with Crippen molar-refractivity contribution in [3.8, 4) is 0 Å². The van der Waals surface area contributed by atoms with Crippen LogP contribution in [0.2, 0.25) is 0 Å². The molecule has 1 fully saturated rings. The van der Waals surface area contributed by atoms with Gasteiger partial charge in [0, 0.05) is 55.1 Å². The van der Waals surface area contributed by atoms with E-state index >= 15 is 0 Å². The summed E-state index contributed by atoms with van der Waals surface area (Å²) in [6.45, 7) is 7.88. The van der Waals surface area contributed by atoms with Crippen LogP contribution in [0.1, 0.15) is 54.6 Å². The zero-order chi connectivity index (χ0) is 21.3. The Bertz CT molecular complexity index is 1060. The lowest BCUT2D eigenvalue weighted by Gasteiger charge is -2.25. The lowest BCUT2D eigenvalue weighted by Crippen LogP contribution is -2.37. The van der Waals surface area contributed by atoms with E-state index in [-0.39, 0.29) is 17.2 Å². The number of amides is 2. The molecule has 1 aliphatic rings. The molecule has 0 aliphatic carbocycles. The van der Waals surface area contributed by atoms with Crippen LogP contribution in [-0.2, 0) is 11.3 Å². The van der Waals surface area contributed by atoms with Gasteiger partial charge in [0.05, 0.1) is 0 Å². The Morgan fingerprint density at radius 1 is 1.13 bits per heavy atom. The highest BCUT2D eigenvalue weighted by Crippen LogP contribution is 2.30. The van der Waals surface area contributed by atoms with Crippen molar-refractivity contribution in [2.75, 3.05) is 13.1 Å². The first kappa shape index (κ1) is 20.1. The molecule has 0 bridgehead atoms. The Balaban J connectivity index is 1.35. The molecular formula is C24H28N4O2. The SMILES string of the molecule is CC(C)(C)C(=O)N1CCC(c2ccc(C(=O)NCc3ccn4ccnc4c3)cc2)C1. The first-order valence-electron chi connectivity index (χ1n) is 10.4. The quantitative estimate of drug-likeness (QED) is 0.722. The molecule has 3 aromatic rings. The van der Waals surface area contributed by atoms with Crippen molar-refractivity contribution in [3.63, 3.8) is 0 Å². The lowest BCUT2D eigenvalue weighted by molar-refractivity contribution is -0.138. The van der Waals surface area contributed by atoms with Gasteiger partial charge in [-0.2, -0.15) is 0 Å². The summed E-state index contributed by atoms with van der Waals surface area (Å²) in [6.07, 6.45) is 6.54. The van der Waals surface area contributed by atoms with Crippen molar-refractivity contribution in [1.29, 1.82) is 0 Å². The van der Waals surface area contributed by atoms with Crippen LogP contribution in [0.4, 0.5) is 0 Å². The fourth-order valence-corrected chi connectivity index (χ4v) is 3.94. The number of imidazole rings is 1. The molecule has 2 amide bonds. The van der Waals surface area contributed by atoms with E-state index in [1.807, 2.05) is 78.9 Å². The molecule has 30 heavy (non-hydrogen) atoms. The Morgan fingerprint density at radius 3 is 2.63 bits per heavy atom. The summed E-state index contributed by atoms with van der Waals surface area (Å²) in [5.74, 6) is 0.435. The van der Waals surface area contributed by atoms with Gasteiger partial charge >= 0.3 is 0 Å². The van der Waals surface area contributed by atoms with Gasteiger partial charge in [-0.05, 0) is 41.8 Å². The molecule has 1 unspecified atom stereocenters. The van der Waals surface area contributed by atoms with Gasteiger partial charge in [0.25, 0.3) is 5.91 Å². The summed E-state index contributed by atoms with van der Waals surface area (Å²) in [4.78, 5) is 31.3. The van der Waals surface area contributed by atoms with E-state index in [0.29, 0.717) is 18.0 Å². The number of hydrogen-bond donors (Lipinski definition) is 1. The Kier molecular flexibility index (Phi) is 5.33. The largest absolute Gasteiger partial charge is 0.348 e. The molecule has 1 aliphatic heterocycles. The van der Waals surface area contributed by atoms with E-state index < -0.39 is 0 Å². The predicted octanol–water partition coefficient (Wildman–Crippen LogP) is 3.63. The van der Waals surface area contributed by atoms with E-state index in [0.717, 1.165) is 30.7 Å². The molecule has 156 valence electrons. The zero-order valence-corrected chi connectivity index (χ0v) is 17.8. The van der Waals surface area contributed by atoms with E-state index in [2.05, 4.69) is 10.3 Å². The number of carbonyl (C=O) groups is 2. The molecule has 0 saturated carbocycles. The third-order valence-electron chi connectivity index (χ3n) is 5.68. The number of carbonyl (C=O) groups excluding carboxylic acids is 2. The highest BCUT2D eigenvalue weighted by molar-refractivity contribution is 5.94. The minimum Gasteiger partial charge on any atom is -0.348 e. The summed E-state index contributed by atoms with van der Waals surface area (Å²) in [7, 11) is 0. The van der Waals surface area contributed by atoms with Crippen LogP contribution in [0, 0.1) is 5.41 Å². The molecule has 6 nitrogen and oxygen atoms in total. The maximum atomic E-state index is 12.5. The van der Waals surface area contributed by atoms with Gasteiger partial charge in [0.15, 0.2) is 0 Å². The summed E-state index contributed by atoms with van der Waals surface area (Å²) >= 11 is 0. The predicted molar refractivity (Wildman–Crippen MR) is 116 cm³/mol. The average molecular weight is 405 g/mol. The third kappa shape index (κ3) is 4.22. The van der Waals surface area contributed by atoms with Crippen molar-refractivity contribution in [2.24, 2.45) is 5.41 Å². The van der Waals surface area contributed by atoms with Crippen molar-refractivity contribution in [2.45, 2.75) is 39.7 Å². The van der Waals surface area contributed by atoms with Crippen LogP contribution < -0.4 is 5.32 Å². The van der Waals surface area contributed by atoms with Gasteiger partial charge in [-0.15, -0.1) is 0 Å². The second kappa shape index (κ2) is 7.94. The van der Waals surface area contributed by atoms with Crippen molar-refractivity contribution in [3.05, 3.63) is 71.7 Å². The molecule has 4 rings (SSSR count). The molecule has 1 N–H and O–H groups in total. The molecule has 1 aromatic carbocycles. The molecule has 1 saturated heterocycles. The smallest absolute Gasteiger partial charge is 0.251 e. The maximum Gasteiger partial charge on any atom is 0.251 e. The van der Waals surface area contributed by atoms with Crippen LogP contribution in [0.15, 0.2) is 55.0 Å². The number of fused-ring (bicyclic) bond motifs is 1. The number of pyridine rings is 1. The topological polar surface area (TPSA) is 66.7 Å². The number of nitrogens with one attached hydrogen (secondary N) is 1. The van der Waals surface area contributed by atoms with Gasteiger partial charge < -0.3 is 14.6 Å². The summed E-state index contributed by atoms with van der Waals surface area (Å²) in [5, 5.41) is 2.97. The Labute approximate surface area is 176 Å². The third-order valence-corrected chi connectivity index (χ3v) is 5.68. The van der Waals surface area contributed by atoms with Gasteiger partial charge in [-0.25, -0.2) is 4.98 Å². The normalized spacial score (nSPS) is 16.8. The summed E-state index contributed by atoms with van der Waals surface area (Å²) in [5.41, 5.74) is 3.34. The second-order valence-electron chi connectivity index (χ2n) is 9.02. The molecular weight excluding hydrogens is 376 g/mol. The average Bonchev–Trinajstić information content (AvgIpc) is 3.40. The molecule has 6 heteroatoms. The lowest BCUT2D eigenvalue weighted by atomic mass is 9.94. The zero-order valence-electron chi connectivity index (χ0n) is 17.8. The fraction of sp³-hybridized carbons (Fsp3) is 0.375. The Hall–Kier alpha value is -3.15. The van der Waals surface area contributed by atoms with E-state index in [1.165, 1.54) is 5.56 Å². The minimum atomic E-state index is -0.348. The maximum absolute atomic E-state index is 12.5. The standard InChI is InChI=1S/C24H28N4O2/c1-24(2,3)23(30)28-12-9-20(16-28)18-4-6-19(7-5-18)22(29)26-15-17-8-11-27-13-10-25-21(27)14-17/h4-8,10-11,13-14,20H,9,12,15-16H2,1-3H3,(H,26,29). The number of hydrogen-bond acceptors (Lipinski definition) is 3. The molecule has 2 aromatic heterocycles. The van der Waals surface area contributed by atoms with Crippen LogP contribution in [0.25, 0.3) is 5.65 Å². The van der Waals surface area contributed by atoms with Crippen LogP contribution >= 0.6 is 0 Å². The highest BCUT2D eigenvalue weighted by Gasteiger charge is 2.33. The van der Waals surface area contributed by atoms with Gasteiger partial charge in [-0.3, -0.25) is 9.59 Å². The minimum absolute atomic E-state index is 0.0966. The monoisotopic (exact) mass is 404 g/mol. The summed E-state index contributed by atoms with van der Waals surface area (Å²) < 4.78 is 1.93. The highest BCUT2D eigenvalue weighted by atomic mass is 16.2.